The van der Waals surface area contributed by atoms with Gasteiger partial charge in [0.25, 0.3) is 5.91 Å². The van der Waals surface area contributed by atoms with Gasteiger partial charge in [-0.3, -0.25) is 14.5 Å². The lowest BCUT2D eigenvalue weighted by Crippen LogP contribution is -2.43. The first-order chi connectivity index (χ1) is 10.8. The van der Waals surface area contributed by atoms with Crippen molar-refractivity contribution in [1.29, 1.82) is 0 Å². The number of ether oxygens (including phenoxy) is 1. The van der Waals surface area contributed by atoms with Crippen LogP contribution in [-0.4, -0.2) is 34.9 Å². The number of benzene rings is 1. The number of amides is 3. The molecule has 2 rings (SSSR count). The monoisotopic (exact) mass is 358 g/mol. The van der Waals surface area contributed by atoms with Gasteiger partial charge in [0.1, 0.15) is 18.7 Å². The number of halogens is 2. The second-order valence-electron chi connectivity index (χ2n) is 5.42. The van der Waals surface area contributed by atoms with Crippen LogP contribution in [0.2, 0.25) is 10.0 Å². The molecule has 1 fully saturated rings. The molecule has 1 aliphatic heterocycles. The topological polar surface area (TPSA) is 75.7 Å². The Morgan fingerprint density at radius 1 is 1.30 bits per heavy atom. The molecule has 1 aromatic rings. The van der Waals surface area contributed by atoms with Gasteiger partial charge in [-0.2, -0.15) is 0 Å². The van der Waals surface area contributed by atoms with Crippen molar-refractivity contribution in [1.82, 2.24) is 10.2 Å². The summed E-state index contributed by atoms with van der Waals surface area (Å²) in [6.07, 6.45) is 0.437. The standard InChI is InChI=1S/C15H16Cl2N2O4/c1-3-15(2)13(21)19(14(22)18-15)7-12(20)23-8-9-4-5-10(16)11(17)6-9/h4-6H,3,7-8H2,1-2H3,(H,18,22)/t15-/m1/s1. The quantitative estimate of drug-likeness (QED) is 0.648. The molecule has 3 amide bonds. The minimum Gasteiger partial charge on any atom is -0.459 e. The van der Waals surface area contributed by atoms with Crippen LogP contribution in [-0.2, 0) is 20.9 Å². The highest BCUT2D eigenvalue weighted by Crippen LogP contribution is 2.23. The molecule has 23 heavy (non-hydrogen) atoms. The van der Waals surface area contributed by atoms with Crippen LogP contribution < -0.4 is 5.32 Å². The van der Waals surface area contributed by atoms with E-state index in [1.807, 2.05) is 0 Å². The number of nitrogens with one attached hydrogen (secondary N) is 1. The van der Waals surface area contributed by atoms with E-state index < -0.39 is 30.0 Å². The molecule has 0 spiro atoms. The molecule has 0 unspecified atom stereocenters. The smallest absolute Gasteiger partial charge is 0.326 e. The maximum Gasteiger partial charge on any atom is 0.326 e. The average molecular weight is 359 g/mol. The number of carbonyl (C=O) groups excluding carboxylic acids is 3. The molecule has 124 valence electrons. The van der Waals surface area contributed by atoms with E-state index >= 15 is 0 Å². The van der Waals surface area contributed by atoms with E-state index in [0.717, 1.165) is 4.90 Å². The van der Waals surface area contributed by atoms with E-state index in [4.69, 9.17) is 27.9 Å². The van der Waals surface area contributed by atoms with Crippen LogP contribution in [0, 0.1) is 0 Å². The predicted molar refractivity (Wildman–Crippen MR) is 85.2 cm³/mol. The average Bonchev–Trinajstić information content (AvgIpc) is 2.72. The van der Waals surface area contributed by atoms with Crippen LogP contribution in [0.3, 0.4) is 0 Å². The minimum absolute atomic E-state index is 0.0234. The van der Waals surface area contributed by atoms with E-state index in [0.29, 0.717) is 22.0 Å². The normalized spacial score (nSPS) is 20.6. The van der Waals surface area contributed by atoms with Crippen molar-refractivity contribution in [3.63, 3.8) is 0 Å². The van der Waals surface area contributed by atoms with Crippen LogP contribution in [0.25, 0.3) is 0 Å². The van der Waals surface area contributed by atoms with Gasteiger partial charge in [0.2, 0.25) is 0 Å². The van der Waals surface area contributed by atoms with E-state index in [9.17, 15) is 14.4 Å². The second-order valence-corrected chi connectivity index (χ2v) is 6.23. The second kappa shape index (κ2) is 6.76. The molecule has 0 saturated carbocycles. The van der Waals surface area contributed by atoms with Gasteiger partial charge < -0.3 is 10.1 Å². The summed E-state index contributed by atoms with van der Waals surface area (Å²) in [4.78, 5) is 36.7. The summed E-state index contributed by atoms with van der Waals surface area (Å²) in [6.45, 7) is 2.95. The van der Waals surface area contributed by atoms with Crippen LogP contribution in [0.4, 0.5) is 4.79 Å². The summed E-state index contributed by atoms with van der Waals surface area (Å²) in [5.41, 5.74) is -0.315. The molecule has 0 aromatic heterocycles. The molecule has 1 saturated heterocycles. The van der Waals surface area contributed by atoms with Crippen molar-refractivity contribution in [2.24, 2.45) is 0 Å². The van der Waals surface area contributed by atoms with E-state index in [1.165, 1.54) is 0 Å². The highest BCUT2D eigenvalue weighted by molar-refractivity contribution is 6.42. The molecule has 0 bridgehead atoms. The maximum absolute atomic E-state index is 12.2. The number of rotatable bonds is 5. The summed E-state index contributed by atoms with van der Waals surface area (Å²) in [6, 6.07) is 4.25. The lowest BCUT2D eigenvalue weighted by Gasteiger charge is -2.18. The fraction of sp³-hybridized carbons (Fsp3) is 0.400. The van der Waals surface area contributed by atoms with Gasteiger partial charge >= 0.3 is 12.0 Å². The molecule has 0 radical (unpaired) electrons. The van der Waals surface area contributed by atoms with Gasteiger partial charge in [0, 0.05) is 0 Å². The third-order valence-corrected chi connectivity index (χ3v) is 4.46. The Morgan fingerprint density at radius 3 is 2.57 bits per heavy atom. The van der Waals surface area contributed by atoms with Gasteiger partial charge in [-0.25, -0.2) is 4.79 Å². The molecule has 1 aliphatic rings. The first-order valence-corrected chi connectivity index (χ1v) is 7.76. The van der Waals surface area contributed by atoms with E-state index in [2.05, 4.69) is 5.32 Å². The first-order valence-electron chi connectivity index (χ1n) is 7.00. The van der Waals surface area contributed by atoms with Crippen LogP contribution in [0.15, 0.2) is 18.2 Å². The Hall–Kier alpha value is -1.79. The van der Waals surface area contributed by atoms with Gasteiger partial charge in [0.15, 0.2) is 0 Å². The number of imide groups is 1. The molecule has 8 heteroatoms. The SMILES string of the molecule is CC[C@@]1(C)NC(=O)N(CC(=O)OCc2ccc(Cl)c(Cl)c2)C1=O. The number of urea groups is 1. The molecular formula is C15H16Cl2N2O4. The Bertz CT molecular complexity index is 665. The summed E-state index contributed by atoms with van der Waals surface area (Å²) < 4.78 is 5.07. The van der Waals surface area contributed by atoms with Gasteiger partial charge in [-0.15, -0.1) is 0 Å². The van der Waals surface area contributed by atoms with Crippen molar-refractivity contribution < 1.29 is 19.1 Å². The number of hydrogen-bond donors (Lipinski definition) is 1. The zero-order valence-corrected chi connectivity index (χ0v) is 14.2. The summed E-state index contributed by atoms with van der Waals surface area (Å²) in [7, 11) is 0. The lowest BCUT2D eigenvalue weighted by molar-refractivity contribution is -0.148. The third-order valence-electron chi connectivity index (χ3n) is 3.72. The van der Waals surface area contributed by atoms with Gasteiger partial charge in [-0.1, -0.05) is 36.2 Å². The third kappa shape index (κ3) is 3.76. The number of esters is 1. The molecule has 1 atom stereocenters. The van der Waals surface area contributed by atoms with Crippen molar-refractivity contribution in [3.05, 3.63) is 33.8 Å². The molecule has 6 nitrogen and oxygen atoms in total. The summed E-state index contributed by atoms with van der Waals surface area (Å²) >= 11 is 11.7. The minimum atomic E-state index is -0.971. The highest BCUT2D eigenvalue weighted by Gasteiger charge is 2.47. The summed E-state index contributed by atoms with van der Waals surface area (Å²) in [5, 5.41) is 3.33. The number of nitrogens with zero attached hydrogens (tertiary/aromatic N) is 1. The van der Waals surface area contributed by atoms with E-state index in [1.54, 1.807) is 32.0 Å². The zero-order valence-electron chi connectivity index (χ0n) is 12.7. The van der Waals surface area contributed by atoms with Crippen LogP contribution in [0.1, 0.15) is 25.8 Å². The fourth-order valence-electron chi connectivity index (χ4n) is 2.10. The molecule has 1 heterocycles. The van der Waals surface area contributed by atoms with Crippen molar-refractivity contribution in [3.8, 4) is 0 Å². The van der Waals surface area contributed by atoms with Gasteiger partial charge in [-0.05, 0) is 31.0 Å². The Balaban J connectivity index is 1.93. The van der Waals surface area contributed by atoms with Crippen LogP contribution >= 0.6 is 23.2 Å². The first kappa shape index (κ1) is 17.6. The van der Waals surface area contributed by atoms with Crippen molar-refractivity contribution in [2.45, 2.75) is 32.4 Å². The molecular weight excluding hydrogens is 343 g/mol. The molecule has 1 N–H and O–H groups in total. The summed E-state index contributed by atoms with van der Waals surface area (Å²) in [5.74, 6) is -1.11. The predicted octanol–water partition coefficient (Wildman–Crippen LogP) is 2.76. The van der Waals surface area contributed by atoms with Crippen molar-refractivity contribution in [2.75, 3.05) is 6.54 Å². The largest absolute Gasteiger partial charge is 0.459 e. The number of carbonyl (C=O) groups is 3. The van der Waals surface area contributed by atoms with Crippen LogP contribution in [0.5, 0.6) is 0 Å². The lowest BCUT2D eigenvalue weighted by atomic mass is 9.99. The molecule has 0 aliphatic carbocycles. The highest BCUT2D eigenvalue weighted by atomic mass is 35.5. The fourth-order valence-corrected chi connectivity index (χ4v) is 2.42. The number of hydrogen-bond acceptors (Lipinski definition) is 4. The van der Waals surface area contributed by atoms with Gasteiger partial charge in [0.05, 0.1) is 10.0 Å². The Kier molecular flexibility index (Phi) is 5.16. The zero-order chi connectivity index (χ0) is 17.2. The van der Waals surface area contributed by atoms with Crippen molar-refractivity contribution >= 4 is 41.1 Å². The Morgan fingerprint density at radius 2 is 2.00 bits per heavy atom. The molecule has 1 aromatic carbocycles. The van der Waals surface area contributed by atoms with E-state index in [-0.39, 0.29) is 6.61 Å². The Labute approximate surface area is 143 Å². The maximum atomic E-state index is 12.2.